The molecule has 3 aromatic rings. The Kier molecular flexibility index (Phi) is 8.56. The van der Waals surface area contributed by atoms with Gasteiger partial charge in [0.2, 0.25) is 0 Å². The van der Waals surface area contributed by atoms with Crippen LogP contribution in [0.5, 0.6) is 0 Å². The summed E-state index contributed by atoms with van der Waals surface area (Å²) in [5.41, 5.74) is 16.4. The highest BCUT2D eigenvalue weighted by Crippen LogP contribution is 2.25. The number of pyridine rings is 1. The fraction of sp³-hybridized carbons (Fsp3) is 0.310. The first-order chi connectivity index (χ1) is 18.0. The van der Waals surface area contributed by atoms with Gasteiger partial charge in [-0.15, -0.1) is 0 Å². The van der Waals surface area contributed by atoms with Crippen LogP contribution in [0.2, 0.25) is 12.6 Å². The molecule has 2 aliphatic rings. The predicted octanol–water partition coefficient (Wildman–Crippen LogP) is 4.49. The minimum Gasteiger partial charge on any atom is -0.397 e. The average Bonchev–Trinajstić information content (AvgIpc) is 2.92. The van der Waals surface area contributed by atoms with Crippen LogP contribution in [0.25, 0.3) is 27.9 Å². The minimum absolute atomic E-state index is 0.211. The number of nitrogens with two attached hydrogens (primary N) is 2. The van der Waals surface area contributed by atoms with E-state index < -0.39 is 0 Å². The summed E-state index contributed by atoms with van der Waals surface area (Å²) in [4.78, 5) is 11.5. The maximum atomic E-state index is 9.57. The highest BCUT2D eigenvalue weighted by Gasteiger charge is 2.20. The van der Waals surface area contributed by atoms with E-state index >= 15 is 0 Å². The number of aromatic nitrogens is 1. The van der Waals surface area contributed by atoms with E-state index in [1.54, 1.807) is 0 Å². The molecule has 1 saturated carbocycles. The van der Waals surface area contributed by atoms with Crippen LogP contribution in [-0.4, -0.2) is 48.6 Å². The molecule has 1 aliphatic carbocycles. The molecule has 2 fully saturated rings. The van der Waals surface area contributed by atoms with Gasteiger partial charge < -0.3 is 16.4 Å². The van der Waals surface area contributed by atoms with Gasteiger partial charge in [-0.3, -0.25) is 4.99 Å². The van der Waals surface area contributed by atoms with Crippen LogP contribution in [0.1, 0.15) is 24.8 Å². The fourth-order valence-electron chi connectivity index (χ4n) is 4.37. The van der Waals surface area contributed by atoms with Gasteiger partial charge in [0.05, 0.1) is 22.9 Å². The van der Waals surface area contributed by atoms with Crippen LogP contribution in [-0.2, 0) is 0 Å². The van der Waals surface area contributed by atoms with E-state index in [0.29, 0.717) is 18.0 Å². The van der Waals surface area contributed by atoms with Crippen LogP contribution in [0.3, 0.4) is 0 Å². The van der Waals surface area contributed by atoms with E-state index in [2.05, 4.69) is 29.0 Å². The Hall–Kier alpha value is -4.14. The Balaban J connectivity index is 0.000000301. The molecule has 2 heterocycles. The maximum absolute atomic E-state index is 9.57. The molecule has 0 spiro atoms. The van der Waals surface area contributed by atoms with Crippen LogP contribution in [0.15, 0.2) is 71.2 Å². The molecular formula is C29H32BN7. The van der Waals surface area contributed by atoms with Gasteiger partial charge in [-0.05, 0) is 64.2 Å². The highest BCUT2D eigenvalue weighted by atomic mass is 15.1. The number of hydrogen-bond donors (Lipinski definition) is 2. The Labute approximate surface area is 219 Å². The molecule has 186 valence electrons. The number of benzene rings is 2. The quantitative estimate of drug-likeness (QED) is 0.240. The lowest BCUT2D eigenvalue weighted by Gasteiger charge is -2.22. The monoisotopic (exact) mass is 489 g/mol. The molecule has 8 heteroatoms. The molecule has 0 radical (unpaired) electrons. The Morgan fingerprint density at radius 1 is 1.03 bits per heavy atom. The predicted molar refractivity (Wildman–Crippen MR) is 152 cm³/mol. The zero-order valence-corrected chi connectivity index (χ0v) is 21.3. The van der Waals surface area contributed by atoms with Gasteiger partial charge >= 0.3 is 0 Å². The lowest BCUT2D eigenvalue weighted by atomic mass is 9.45. The van der Waals surface area contributed by atoms with E-state index in [0.717, 1.165) is 67.2 Å². The summed E-state index contributed by atoms with van der Waals surface area (Å²) in [6, 6.07) is 22.1. The molecular weight excluding hydrogens is 457 g/mol. The molecule has 0 atom stereocenters. The van der Waals surface area contributed by atoms with Gasteiger partial charge in [0, 0.05) is 22.5 Å². The average molecular weight is 489 g/mol. The fourth-order valence-corrected chi connectivity index (χ4v) is 4.37. The molecule has 0 bridgehead atoms. The molecule has 5 rings (SSSR count). The number of rotatable bonds is 4. The number of nitrogens with zero attached hydrogens (tertiary/aromatic N) is 5. The lowest BCUT2D eigenvalue weighted by molar-refractivity contribution is 0.359. The van der Waals surface area contributed by atoms with Crippen molar-refractivity contribution in [3.05, 3.63) is 71.8 Å². The topological polar surface area (TPSA) is 128 Å². The molecule has 1 aromatic heterocycles. The highest BCUT2D eigenvalue weighted by molar-refractivity contribution is 6.67. The third kappa shape index (κ3) is 6.55. The zero-order chi connectivity index (χ0) is 26.2. The second-order valence-corrected chi connectivity index (χ2v) is 9.68. The summed E-state index contributed by atoms with van der Waals surface area (Å²) in [5, 5.41) is 19.1. The van der Waals surface area contributed by atoms with Crippen LogP contribution in [0.4, 0.5) is 0 Å². The second-order valence-electron chi connectivity index (χ2n) is 9.68. The summed E-state index contributed by atoms with van der Waals surface area (Å²) in [6.45, 7) is 2.53. The van der Waals surface area contributed by atoms with E-state index in [-0.39, 0.29) is 17.5 Å². The molecule has 1 saturated heterocycles. The molecule has 7 nitrogen and oxygen atoms in total. The summed E-state index contributed by atoms with van der Waals surface area (Å²) in [7, 11) is 2.10. The Morgan fingerprint density at radius 2 is 1.73 bits per heavy atom. The van der Waals surface area contributed by atoms with Crippen LogP contribution >= 0.6 is 0 Å². The van der Waals surface area contributed by atoms with Gasteiger partial charge in [-0.2, -0.15) is 5.26 Å². The first-order valence-corrected chi connectivity index (χ1v) is 12.8. The number of amidine groups is 1. The smallest absolute Gasteiger partial charge is 0.270 e. The first-order valence-electron chi connectivity index (χ1n) is 12.8. The van der Waals surface area contributed by atoms with E-state index in [1.807, 2.05) is 60.7 Å². The second kappa shape index (κ2) is 12.2. The lowest BCUT2D eigenvalue weighted by Crippen LogP contribution is -2.33. The third-order valence-corrected chi connectivity index (χ3v) is 7.01. The van der Waals surface area contributed by atoms with E-state index in [9.17, 15) is 5.26 Å². The number of hydrogen-bond acceptors (Lipinski definition) is 6. The van der Waals surface area contributed by atoms with Gasteiger partial charge in [-0.25, -0.2) is 10.2 Å². The maximum Gasteiger partial charge on any atom is 0.270 e. The summed E-state index contributed by atoms with van der Waals surface area (Å²) >= 11 is 0. The molecule has 0 amide bonds. The van der Waals surface area contributed by atoms with Crippen LogP contribution in [0, 0.1) is 22.6 Å². The third-order valence-electron chi connectivity index (χ3n) is 7.01. The molecule has 2 aromatic carbocycles. The van der Waals surface area contributed by atoms with Crippen molar-refractivity contribution in [3.63, 3.8) is 0 Å². The largest absolute Gasteiger partial charge is 0.397 e. The van der Waals surface area contributed by atoms with Crippen molar-refractivity contribution in [3.8, 4) is 23.3 Å². The van der Waals surface area contributed by atoms with Gasteiger partial charge in [0.15, 0.2) is 0 Å². The van der Waals surface area contributed by atoms with Crippen molar-refractivity contribution in [1.82, 2.24) is 9.88 Å². The zero-order valence-electron chi connectivity index (χ0n) is 21.3. The van der Waals surface area contributed by atoms with Crippen molar-refractivity contribution in [2.45, 2.75) is 37.9 Å². The van der Waals surface area contributed by atoms with Gasteiger partial charge in [0.25, 0.3) is 6.71 Å². The molecule has 1 aliphatic heterocycles. The normalized spacial score (nSPS) is 17.1. The number of fused-ring (bicyclic) bond motifs is 1. The van der Waals surface area contributed by atoms with Crippen molar-refractivity contribution in [2.24, 2.45) is 16.5 Å². The van der Waals surface area contributed by atoms with Crippen molar-refractivity contribution < 1.29 is 0 Å². The Morgan fingerprint density at radius 3 is 2.35 bits per heavy atom. The molecule has 4 N–H and O–H groups in total. The first kappa shape index (κ1) is 25.9. The molecule has 37 heavy (non-hydrogen) atoms. The number of nitriles is 2. The Bertz CT molecular complexity index is 1370. The minimum atomic E-state index is 0.211. The van der Waals surface area contributed by atoms with Crippen molar-refractivity contribution in [1.29, 1.82) is 10.5 Å². The summed E-state index contributed by atoms with van der Waals surface area (Å²) in [6.07, 6.45) is 5.31. The van der Waals surface area contributed by atoms with Gasteiger partial charge in [-0.1, -0.05) is 48.5 Å². The molecule has 0 unspecified atom stereocenters. The van der Waals surface area contributed by atoms with Crippen LogP contribution < -0.4 is 11.5 Å². The van der Waals surface area contributed by atoms with E-state index in [4.69, 9.17) is 21.7 Å². The number of aliphatic imine (C=N–C) groups is 1. The summed E-state index contributed by atoms with van der Waals surface area (Å²) in [5.74, 6) is 2.52. The van der Waals surface area contributed by atoms with E-state index in [1.165, 1.54) is 0 Å². The standard InChI is InChI=1S/C23H21N5.C6H11BN2/c24-14-19(23(26)27-18-7-4-8-18)22(25)17-10-9-16-11-12-20(28-21(16)13-17)15-5-2-1-3-6-15;1-9-4-2-7(6-8)3-5-9/h1-3,5-6,9-13,18H,4,7-8,25H2,(H2,26,27);2-5H2,1H3/b22-19-;. The summed E-state index contributed by atoms with van der Waals surface area (Å²) < 4.78 is 0. The van der Waals surface area contributed by atoms with Crippen molar-refractivity contribution >= 4 is 29.1 Å². The van der Waals surface area contributed by atoms with Crippen molar-refractivity contribution in [2.75, 3.05) is 20.1 Å². The van der Waals surface area contributed by atoms with Gasteiger partial charge in [0.1, 0.15) is 17.5 Å². The SMILES string of the molecule is CN1CCB(C#N)CC1.N#C/C(C(N)=NC1CCC1)=C(/N)c1ccc2ccc(-c3ccccc3)nc2c1.